The van der Waals surface area contributed by atoms with Gasteiger partial charge in [0.05, 0.1) is 24.2 Å². The maximum atomic E-state index is 12.4. The van der Waals surface area contributed by atoms with Gasteiger partial charge in [-0.1, -0.05) is 59.8 Å². The molecule has 0 aliphatic heterocycles. The Kier molecular flexibility index (Phi) is 7.44. The van der Waals surface area contributed by atoms with Crippen molar-refractivity contribution in [1.29, 1.82) is 0 Å². The molecule has 9 heteroatoms. The molecule has 0 saturated heterocycles. The Bertz CT molecular complexity index is 1270. The van der Waals surface area contributed by atoms with E-state index < -0.39 is 11.9 Å². The van der Waals surface area contributed by atoms with E-state index >= 15 is 0 Å². The predicted octanol–water partition coefficient (Wildman–Crippen LogP) is 4.19. The first-order chi connectivity index (χ1) is 16.5. The molecule has 0 atom stereocenters. The van der Waals surface area contributed by atoms with Crippen molar-refractivity contribution in [1.82, 2.24) is 25.4 Å². The van der Waals surface area contributed by atoms with Crippen LogP contribution >= 0.6 is 11.8 Å². The van der Waals surface area contributed by atoms with Gasteiger partial charge in [0.15, 0.2) is 5.16 Å². The molecule has 4 aromatic rings. The first kappa shape index (κ1) is 23.3. The first-order valence-corrected chi connectivity index (χ1v) is 11.8. The third-order valence-corrected chi connectivity index (χ3v) is 6.02. The summed E-state index contributed by atoms with van der Waals surface area (Å²) in [7, 11) is 0. The van der Waals surface area contributed by atoms with Gasteiger partial charge in [0, 0.05) is 6.42 Å². The van der Waals surface area contributed by atoms with E-state index in [4.69, 9.17) is 4.42 Å². The molecule has 0 spiro atoms. The van der Waals surface area contributed by atoms with Crippen LogP contribution < -0.4 is 10.6 Å². The second-order valence-electron chi connectivity index (χ2n) is 7.79. The van der Waals surface area contributed by atoms with Crippen LogP contribution in [0, 0.1) is 13.8 Å². The zero-order valence-corrected chi connectivity index (χ0v) is 19.8. The number of hydrogen-bond acceptors (Lipinski definition) is 6. The second kappa shape index (κ2) is 10.8. The summed E-state index contributed by atoms with van der Waals surface area (Å²) in [5.74, 6) is 0.964. The van der Waals surface area contributed by atoms with Gasteiger partial charge >= 0.3 is 6.03 Å². The lowest BCUT2D eigenvalue weighted by Gasteiger charge is -2.13. The molecule has 0 aliphatic rings. The molecule has 2 N–H and O–H groups in total. The van der Waals surface area contributed by atoms with Crippen LogP contribution in [0.15, 0.2) is 76.5 Å². The van der Waals surface area contributed by atoms with Gasteiger partial charge in [0.1, 0.15) is 11.6 Å². The van der Waals surface area contributed by atoms with Gasteiger partial charge < -0.3 is 9.73 Å². The number of nitrogens with one attached hydrogen (secondary N) is 2. The minimum Gasteiger partial charge on any atom is -0.467 e. The summed E-state index contributed by atoms with van der Waals surface area (Å²) in [5, 5.41) is 14.3. The van der Waals surface area contributed by atoms with Crippen molar-refractivity contribution in [3.63, 3.8) is 0 Å². The number of urea groups is 1. The number of thioether (sulfide) groups is 1. The minimum absolute atomic E-state index is 0.0164. The van der Waals surface area contributed by atoms with E-state index in [9.17, 15) is 9.59 Å². The van der Waals surface area contributed by atoms with Crippen molar-refractivity contribution in [2.24, 2.45) is 0 Å². The summed E-state index contributed by atoms with van der Waals surface area (Å²) in [6.45, 7) is 4.28. The highest BCUT2D eigenvalue weighted by atomic mass is 32.2. The zero-order chi connectivity index (χ0) is 23.9. The predicted molar refractivity (Wildman–Crippen MR) is 130 cm³/mol. The standard InChI is InChI=1S/C25H25N5O3S/c1-17-10-11-21(18(2)13-17)30-22(14-19-7-4-3-5-8-19)28-29-25(30)34-16-23(31)27-24(32)26-15-20-9-6-12-33-20/h3-13H,14-16H2,1-2H3,(H2,26,27,31,32). The number of amides is 3. The molecular formula is C25H25N5O3S. The Morgan fingerprint density at radius 1 is 1.03 bits per heavy atom. The number of imide groups is 1. The number of aryl methyl sites for hydroxylation is 2. The zero-order valence-electron chi connectivity index (χ0n) is 18.9. The van der Waals surface area contributed by atoms with Crippen LogP contribution in [0.25, 0.3) is 5.69 Å². The second-order valence-corrected chi connectivity index (χ2v) is 8.73. The fourth-order valence-electron chi connectivity index (χ4n) is 3.50. The van der Waals surface area contributed by atoms with Crippen LogP contribution in [-0.2, 0) is 17.8 Å². The average Bonchev–Trinajstić information content (AvgIpc) is 3.47. The van der Waals surface area contributed by atoms with Crippen LogP contribution in [0.4, 0.5) is 4.79 Å². The maximum Gasteiger partial charge on any atom is 0.321 e. The number of carbonyl (C=O) groups is 2. The lowest BCUT2D eigenvalue weighted by atomic mass is 10.1. The molecule has 0 fully saturated rings. The Labute approximate surface area is 201 Å². The Morgan fingerprint density at radius 3 is 2.59 bits per heavy atom. The SMILES string of the molecule is Cc1ccc(-n2c(Cc3ccccc3)nnc2SCC(=O)NC(=O)NCc2ccco2)c(C)c1. The molecule has 0 unspecified atom stereocenters. The molecule has 2 aromatic carbocycles. The fraction of sp³-hybridized carbons (Fsp3) is 0.200. The molecule has 0 aliphatic carbocycles. The van der Waals surface area contributed by atoms with E-state index in [1.165, 1.54) is 18.0 Å². The summed E-state index contributed by atoms with van der Waals surface area (Å²) in [6.07, 6.45) is 2.12. The highest BCUT2D eigenvalue weighted by Crippen LogP contribution is 2.26. The number of benzene rings is 2. The lowest BCUT2D eigenvalue weighted by molar-refractivity contribution is -0.117. The third-order valence-electron chi connectivity index (χ3n) is 5.09. The van der Waals surface area contributed by atoms with Crippen molar-refractivity contribution in [3.8, 4) is 5.69 Å². The number of nitrogens with zero attached hydrogens (tertiary/aromatic N) is 3. The number of hydrogen-bond donors (Lipinski definition) is 2. The molecular weight excluding hydrogens is 450 g/mol. The van der Waals surface area contributed by atoms with Crippen LogP contribution in [0.3, 0.4) is 0 Å². The lowest BCUT2D eigenvalue weighted by Crippen LogP contribution is -2.39. The molecule has 34 heavy (non-hydrogen) atoms. The average molecular weight is 476 g/mol. The summed E-state index contributed by atoms with van der Waals surface area (Å²) < 4.78 is 7.14. The Hall–Kier alpha value is -3.85. The van der Waals surface area contributed by atoms with E-state index in [2.05, 4.69) is 26.9 Å². The molecule has 3 amide bonds. The molecule has 174 valence electrons. The van der Waals surface area contributed by atoms with Crippen LogP contribution in [0.2, 0.25) is 0 Å². The van der Waals surface area contributed by atoms with E-state index in [0.29, 0.717) is 17.3 Å². The summed E-state index contributed by atoms with van der Waals surface area (Å²) in [5.41, 5.74) is 4.31. The molecule has 2 aromatic heterocycles. The molecule has 0 radical (unpaired) electrons. The van der Waals surface area contributed by atoms with Gasteiger partial charge in [-0.2, -0.15) is 0 Å². The van der Waals surface area contributed by atoms with E-state index in [1.807, 2.05) is 60.9 Å². The monoisotopic (exact) mass is 475 g/mol. The topological polar surface area (TPSA) is 102 Å². The van der Waals surface area contributed by atoms with Gasteiger partial charge in [0.25, 0.3) is 0 Å². The van der Waals surface area contributed by atoms with Crippen LogP contribution in [0.5, 0.6) is 0 Å². The number of furan rings is 1. The van der Waals surface area contributed by atoms with Crippen molar-refractivity contribution < 1.29 is 14.0 Å². The normalized spacial score (nSPS) is 10.8. The fourth-order valence-corrected chi connectivity index (χ4v) is 4.27. The minimum atomic E-state index is -0.581. The molecule has 0 saturated carbocycles. The van der Waals surface area contributed by atoms with Crippen LogP contribution in [0.1, 0.15) is 28.3 Å². The van der Waals surface area contributed by atoms with Gasteiger partial charge in [-0.05, 0) is 43.2 Å². The van der Waals surface area contributed by atoms with Crippen LogP contribution in [-0.4, -0.2) is 32.5 Å². The van der Waals surface area contributed by atoms with Gasteiger partial charge in [0.2, 0.25) is 5.91 Å². The van der Waals surface area contributed by atoms with Crippen molar-refractivity contribution in [3.05, 3.63) is 95.2 Å². The largest absolute Gasteiger partial charge is 0.467 e. The molecule has 8 nitrogen and oxygen atoms in total. The van der Waals surface area contributed by atoms with Gasteiger partial charge in [-0.25, -0.2) is 4.79 Å². The number of aromatic nitrogens is 3. The summed E-state index contributed by atoms with van der Waals surface area (Å²) in [6, 6.07) is 19.1. The third kappa shape index (κ3) is 5.93. The highest BCUT2D eigenvalue weighted by Gasteiger charge is 2.18. The van der Waals surface area contributed by atoms with E-state index in [0.717, 1.165) is 28.2 Å². The molecule has 0 bridgehead atoms. The van der Waals surface area contributed by atoms with E-state index in [-0.39, 0.29) is 12.3 Å². The van der Waals surface area contributed by atoms with Crippen molar-refractivity contribution in [2.45, 2.75) is 32.0 Å². The summed E-state index contributed by atoms with van der Waals surface area (Å²) in [4.78, 5) is 24.4. The smallest absolute Gasteiger partial charge is 0.321 e. The molecule has 4 rings (SSSR count). The maximum absolute atomic E-state index is 12.4. The first-order valence-electron chi connectivity index (χ1n) is 10.8. The molecule has 2 heterocycles. The van der Waals surface area contributed by atoms with Gasteiger partial charge in [-0.15, -0.1) is 10.2 Å². The number of rotatable bonds is 8. The summed E-state index contributed by atoms with van der Waals surface area (Å²) >= 11 is 1.23. The van der Waals surface area contributed by atoms with Crippen molar-refractivity contribution in [2.75, 3.05) is 5.75 Å². The van der Waals surface area contributed by atoms with E-state index in [1.54, 1.807) is 12.1 Å². The Balaban J connectivity index is 1.47. The quantitative estimate of drug-likeness (QED) is 0.371. The van der Waals surface area contributed by atoms with Crippen molar-refractivity contribution >= 4 is 23.7 Å². The number of carbonyl (C=O) groups excluding carboxylic acids is 2. The Morgan fingerprint density at radius 2 is 1.85 bits per heavy atom. The van der Waals surface area contributed by atoms with Gasteiger partial charge in [-0.3, -0.25) is 14.7 Å². The highest BCUT2D eigenvalue weighted by molar-refractivity contribution is 7.99.